The van der Waals surface area contributed by atoms with Gasteiger partial charge in [0, 0.05) is 45.1 Å². The highest BCUT2D eigenvalue weighted by Crippen LogP contribution is 2.21. The van der Waals surface area contributed by atoms with Gasteiger partial charge in [0.1, 0.15) is 0 Å². The summed E-state index contributed by atoms with van der Waals surface area (Å²) in [6.07, 6.45) is 2.12. The Hall–Kier alpha value is -3.04. The van der Waals surface area contributed by atoms with Crippen LogP contribution in [0.3, 0.4) is 0 Å². The summed E-state index contributed by atoms with van der Waals surface area (Å²) in [5, 5.41) is 4.35. The fraction of sp³-hybridized carbons (Fsp3) is 0.111. The molecule has 3 rings (SSSR count). The molecule has 0 saturated heterocycles. The minimum absolute atomic E-state index is 0. The van der Waals surface area contributed by atoms with Crippen LogP contribution in [-0.2, 0) is 21.4 Å². The van der Waals surface area contributed by atoms with E-state index in [-0.39, 0.29) is 21.5 Å². The van der Waals surface area contributed by atoms with Gasteiger partial charge in [0.25, 0.3) is 10.0 Å². The fourth-order valence-electron chi connectivity index (χ4n) is 2.72. The van der Waals surface area contributed by atoms with Crippen LogP contribution in [0.15, 0.2) is 59.6 Å². The van der Waals surface area contributed by atoms with Gasteiger partial charge < -0.3 is 15.6 Å². The van der Waals surface area contributed by atoms with Crippen LogP contribution in [0.5, 0.6) is 0 Å². The molecule has 2 aromatic carbocycles. The second-order valence-corrected chi connectivity index (χ2v) is 8.12. The first-order valence-electron chi connectivity index (χ1n) is 8.21. The first kappa shape index (κ1) is 19.7. The van der Waals surface area contributed by atoms with Gasteiger partial charge in [0.15, 0.2) is 0 Å². The number of halogens is 1. The summed E-state index contributed by atoms with van der Waals surface area (Å²) in [5.41, 5.74) is 6.25. The molecule has 28 heavy (non-hydrogen) atoms. The molecule has 1 aromatic heterocycles. The highest BCUT2D eigenvalue weighted by atomic mass is 35.5. The van der Waals surface area contributed by atoms with E-state index < -0.39 is 16.1 Å². The highest BCUT2D eigenvalue weighted by Gasteiger charge is 2.15. The number of aryl methyl sites for hydroxylation is 1. The molecule has 0 unspecified atom stereocenters. The smallest absolute Gasteiger partial charge is 0.326 e. The van der Waals surface area contributed by atoms with Gasteiger partial charge in [0.2, 0.25) is 5.91 Å². The lowest BCUT2D eigenvalue weighted by molar-refractivity contribution is -0.116. The van der Waals surface area contributed by atoms with Crippen molar-refractivity contribution in [3.05, 3.63) is 59.8 Å². The standard InChI is InChI=1S/C18H17ClN4O4S.3H2/c19-13-1-6-16-12(11-13)7-9-23(16)10-8-17(24)21-14-2-4-15(5-3-14)28(26,27)22-18(20)25;;;/h1-7,9,11H,8,10H2,(H,21,24)(H3,20,22,25);3*1H. The van der Waals surface area contributed by atoms with Crippen molar-refractivity contribution >= 4 is 50.2 Å². The Morgan fingerprint density at radius 2 is 1.82 bits per heavy atom. The average molecular weight is 427 g/mol. The number of amides is 3. The SMILES string of the molecule is NC(=O)NS(=O)(=O)c1ccc(NC(=O)CCn2ccc3cc(Cl)ccc32)cc1.[HH].[HH].[HH]. The average Bonchev–Trinajstić information content (AvgIpc) is 3.01. The van der Waals surface area contributed by atoms with E-state index >= 15 is 0 Å². The molecule has 0 radical (unpaired) electrons. The molecule has 152 valence electrons. The second kappa shape index (κ2) is 7.91. The van der Waals surface area contributed by atoms with Crippen LogP contribution in [0.4, 0.5) is 10.5 Å². The van der Waals surface area contributed by atoms with Gasteiger partial charge in [-0.3, -0.25) is 4.79 Å². The van der Waals surface area contributed by atoms with E-state index in [0.717, 1.165) is 10.9 Å². The van der Waals surface area contributed by atoms with E-state index in [1.165, 1.54) is 24.3 Å². The summed E-state index contributed by atoms with van der Waals surface area (Å²) in [6.45, 7) is 0.478. The molecular formula is C18H23ClN4O4S. The molecular weight excluding hydrogens is 404 g/mol. The number of nitrogens with two attached hydrogens (primary N) is 1. The normalized spacial score (nSPS) is 11.3. The van der Waals surface area contributed by atoms with Crippen LogP contribution in [0.2, 0.25) is 5.02 Å². The number of hydrogen-bond donors (Lipinski definition) is 3. The monoisotopic (exact) mass is 426 g/mol. The van der Waals surface area contributed by atoms with Gasteiger partial charge in [-0.25, -0.2) is 17.9 Å². The first-order valence-corrected chi connectivity index (χ1v) is 10.1. The quantitative estimate of drug-likeness (QED) is 0.558. The van der Waals surface area contributed by atoms with Crippen molar-refractivity contribution < 1.29 is 22.3 Å². The Bertz CT molecular complexity index is 1150. The van der Waals surface area contributed by atoms with Crippen molar-refractivity contribution in [2.24, 2.45) is 5.73 Å². The zero-order valence-corrected chi connectivity index (χ0v) is 16.1. The first-order chi connectivity index (χ1) is 13.2. The Labute approximate surface area is 170 Å². The number of benzene rings is 2. The third kappa shape index (κ3) is 4.62. The van der Waals surface area contributed by atoms with Crippen molar-refractivity contribution in [2.75, 3.05) is 5.32 Å². The number of aromatic nitrogens is 1. The van der Waals surface area contributed by atoms with Crippen LogP contribution in [0.25, 0.3) is 10.9 Å². The number of anilines is 1. The van der Waals surface area contributed by atoms with Crippen molar-refractivity contribution in [1.82, 2.24) is 9.29 Å². The van der Waals surface area contributed by atoms with Gasteiger partial charge in [-0.15, -0.1) is 0 Å². The Balaban J connectivity index is 0.00000300. The summed E-state index contributed by atoms with van der Waals surface area (Å²) in [4.78, 5) is 22.8. The Kier molecular flexibility index (Phi) is 5.57. The molecule has 8 nitrogen and oxygen atoms in total. The number of urea groups is 1. The number of rotatable bonds is 6. The van der Waals surface area contributed by atoms with E-state index in [9.17, 15) is 18.0 Å². The molecule has 1 heterocycles. The maximum Gasteiger partial charge on any atom is 0.326 e. The molecule has 0 saturated carbocycles. The van der Waals surface area contributed by atoms with Crippen LogP contribution in [0, 0.1) is 0 Å². The summed E-state index contributed by atoms with van der Waals surface area (Å²) >= 11 is 5.97. The van der Waals surface area contributed by atoms with Crippen molar-refractivity contribution in [2.45, 2.75) is 17.9 Å². The summed E-state index contributed by atoms with van der Waals surface area (Å²) in [7, 11) is -4.02. The molecule has 0 aliphatic rings. The van der Waals surface area contributed by atoms with Crippen molar-refractivity contribution in [3.8, 4) is 0 Å². The molecule has 10 heteroatoms. The molecule has 0 aliphatic heterocycles. The molecule has 4 N–H and O–H groups in total. The molecule has 0 fully saturated rings. The Morgan fingerprint density at radius 3 is 2.50 bits per heavy atom. The zero-order valence-electron chi connectivity index (χ0n) is 14.6. The molecule has 0 spiro atoms. The molecule has 3 amide bonds. The van der Waals surface area contributed by atoms with E-state index in [2.05, 4.69) is 5.32 Å². The lowest BCUT2D eigenvalue weighted by atomic mass is 10.2. The maximum absolute atomic E-state index is 12.2. The largest absolute Gasteiger partial charge is 0.351 e. The summed E-state index contributed by atoms with van der Waals surface area (Å²) in [5.74, 6) is -0.221. The molecule has 0 aliphatic carbocycles. The molecule has 3 aromatic rings. The minimum Gasteiger partial charge on any atom is -0.351 e. The number of carbonyl (C=O) groups excluding carboxylic acids is 2. The topological polar surface area (TPSA) is 123 Å². The third-order valence-corrected chi connectivity index (χ3v) is 5.59. The number of carbonyl (C=O) groups is 2. The van der Waals surface area contributed by atoms with E-state index in [0.29, 0.717) is 17.3 Å². The molecule has 0 atom stereocenters. The highest BCUT2D eigenvalue weighted by molar-refractivity contribution is 7.90. The van der Waals surface area contributed by atoms with Crippen molar-refractivity contribution in [3.63, 3.8) is 0 Å². The van der Waals surface area contributed by atoms with Gasteiger partial charge >= 0.3 is 6.03 Å². The molecule has 0 bridgehead atoms. The number of nitrogens with zero attached hydrogens (tertiary/aromatic N) is 1. The Morgan fingerprint density at radius 1 is 1.11 bits per heavy atom. The number of primary amides is 1. The number of hydrogen-bond acceptors (Lipinski definition) is 4. The minimum atomic E-state index is -4.02. The van der Waals surface area contributed by atoms with Crippen LogP contribution >= 0.6 is 11.6 Å². The predicted octanol–water partition coefficient (Wildman–Crippen LogP) is 3.42. The van der Waals surface area contributed by atoms with E-state index in [1.54, 1.807) is 10.8 Å². The van der Waals surface area contributed by atoms with Gasteiger partial charge in [-0.1, -0.05) is 11.6 Å². The third-order valence-electron chi connectivity index (χ3n) is 4.00. The lowest BCUT2D eigenvalue weighted by Gasteiger charge is -2.09. The maximum atomic E-state index is 12.2. The summed E-state index contributed by atoms with van der Waals surface area (Å²) in [6, 6.07) is 11.7. The number of fused-ring (bicyclic) bond motifs is 1. The second-order valence-electron chi connectivity index (χ2n) is 6.00. The number of sulfonamides is 1. The summed E-state index contributed by atoms with van der Waals surface area (Å²) < 4.78 is 27.3. The number of nitrogens with one attached hydrogen (secondary N) is 2. The zero-order chi connectivity index (χ0) is 20.3. The van der Waals surface area contributed by atoms with Crippen molar-refractivity contribution in [1.29, 1.82) is 0 Å². The van der Waals surface area contributed by atoms with E-state index in [4.69, 9.17) is 17.3 Å². The van der Waals surface area contributed by atoms with Gasteiger partial charge in [-0.2, -0.15) is 0 Å². The predicted molar refractivity (Wildman–Crippen MR) is 113 cm³/mol. The van der Waals surface area contributed by atoms with Gasteiger partial charge in [0.05, 0.1) is 4.90 Å². The van der Waals surface area contributed by atoms with Crippen LogP contribution in [-0.4, -0.2) is 24.9 Å². The van der Waals surface area contributed by atoms with Gasteiger partial charge in [-0.05, 0) is 48.5 Å². The van der Waals surface area contributed by atoms with E-state index in [1.807, 2.05) is 29.0 Å². The lowest BCUT2D eigenvalue weighted by Crippen LogP contribution is -2.34. The fourth-order valence-corrected chi connectivity index (χ4v) is 3.78. The van der Waals surface area contributed by atoms with Crippen LogP contribution < -0.4 is 15.8 Å². The van der Waals surface area contributed by atoms with Crippen LogP contribution in [0.1, 0.15) is 10.7 Å².